The summed E-state index contributed by atoms with van der Waals surface area (Å²) in [6.45, 7) is 13.5. The van der Waals surface area contributed by atoms with E-state index in [1.54, 1.807) is 0 Å². The minimum absolute atomic E-state index is 0.0151. The molecule has 0 spiro atoms. The molecule has 2 aliphatic rings. The Hall–Kier alpha value is -2.70. The monoisotopic (exact) mass is 502 g/mol. The Labute approximate surface area is 221 Å². The first kappa shape index (κ1) is 25.9. The van der Waals surface area contributed by atoms with Crippen LogP contribution < -0.4 is 5.32 Å². The Morgan fingerprint density at radius 1 is 1.11 bits per heavy atom. The van der Waals surface area contributed by atoms with Crippen molar-refractivity contribution in [1.29, 1.82) is 0 Å². The van der Waals surface area contributed by atoms with Crippen molar-refractivity contribution in [3.63, 3.8) is 0 Å². The molecule has 2 unspecified atom stereocenters. The first-order valence-corrected chi connectivity index (χ1v) is 13.9. The van der Waals surface area contributed by atoms with Crippen LogP contribution in [0.25, 0.3) is 11.0 Å². The van der Waals surface area contributed by atoms with Gasteiger partial charge >= 0.3 is 0 Å². The van der Waals surface area contributed by atoms with E-state index in [-0.39, 0.29) is 17.9 Å². The van der Waals surface area contributed by atoms with Crippen molar-refractivity contribution in [2.45, 2.75) is 71.9 Å². The Morgan fingerprint density at radius 3 is 2.62 bits per heavy atom. The van der Waals surface area contributed by atoms with Crippen molar-refractivity contribution >= 4 is 22.6 Å². The van der Waals surface area contributed by atoms with Gasteiger partial charge in [0.15, 0.2) is 0 Å². The lowest BCUT2D eigenvalue weighted by atomic mass is 9.97. The van der Waals surface area contributed by atoms with Gasteiger partial charge in [-0.05, 0) is 73.1 Å². The number of nitrogens with one attached hydrogen (secondary N) is 1. The molecule has 0 bridgehead atoms. The third-order valence-electron chi connectivity index (χ3n) is 8.16. The summed E-state index contributed by atoms with van der Waals surface area (Å²) in [4.78, 5) is 19.8. The van der Waals surface area contributed by atoms with Crippen LogP contribution in [0.4, 0.5) is 5.69 Å². The quantitative estimate of drug-likeness (QED) is 0.448. The Morgan fingerprint density at radius 2 is 1.89 bits per heavy atom. The molecule has 1 saturated heterocycles. The molecule has 2 heterocycles. The van der Waals surface area contributed by atoms with Gasteiger partial charge in [0, 0.05) is 44.3 Å². The number of likely N-dealkylation sites (tertiary alicyclic amines) is 1. The number of amides is 1. The normalized spacial score (nSPS) is 22.2. The van der Waals surface area contributed by atoms with Gasteiger partial charge in [-0.15, -0.1) is 0 Å². The average Bonchev–Trinajstić information content (AvgIpc) is 3.44. The van der Waals surface area contributed by atoms with Crippen LogP contribution in [0.15, 0.2) is 36.4 Å². The van der Waals surface area contributed by atoms with Crippen molar-refractivity contribution in [2.75, 3.05) is 32.1 Å². The number of anilines is 1. The summed E-state index contributed by atoms with van der Waals surface area (Å²) in [5.74, 6) is 2.18. The summed E-state index contributed by atoms with van der Waals surface area (Å²) in [6.07, 6.45) is 3.37. The van der Waals surface area contributed by atoms with Gasteiger partial charge in [-0.1, -0.05) is 39.8 Å². The average molecular weight is 503 g/mol. The molecular weight excluding hydrogens is 460 g/mol. The standard InChI is InChI=1S/C31H42N4O2/c1-19(2)30-33-26-13-21(5)7-10-27(26)35(30)28-11-12-34(18-29(28)37-6)17-22-14-23-8-9-25(16-24(23)15-22)32-31(36)20(3)4/h7-10,13,16,19-20,22,28-29H,11-12,14-15,17-18H2,1-6H3,(H,32,36)/t22?,28?,29-/m1/s1. The Balaban J connectivity index is 1.27. The van der Waals surface area contributed by atoms with Crippen LogP contribution in [0.3, 0.4) is 0 Å². The Bertz CT molecular complexity index is 1280. The highest BCUT2D eigenvalue weighted by Gasteiger charge is 2.35. The first-order valence-electron chi connectivity index (χ1n) is 13.9. The van der Waals surface area contributed by atoms with Gasteiger partial charge in [0.05, 0.1) is 23.2 Å². The van der Waals surface area contributed by atoms with E-state index in [0.717, 1.165) is 55.9 Å². The maximum Gasteiger partial charge on any atom is 0.226 e. The summed E-state index contributed by atoms with van der Waals surface area (Å²) in [5.41, 5.74) is 7.29. The lowest BCUT2D eigenvalue weighted by molar-refractivity contribution is -0.118. The van der Waals surface area contributed by atoms with E-state index in [1.807, 2.05) is 21.0 Å². The van der Waals surface area contributed by atoms with Crippen molar-refractivity contribution < 1.29 is 9.53 Å². The molecule has 6 nitrogen and oxygen atoms in total. The van der Waals surface area contributed by atoms with Crippen LogP contribution in [0, 0.1) is 18.8 Å². The number of aromatic nitrogens is 2. The molecule has 1 aromatic heterocycles. The van der Waals surface area contributed by atoms with Crippen molar-refractivity contribution in [3.8, 4) is 0 Å². The molecule has 1 N–H and O–H groups in total. The van der Waals surface area contributed by atoms with Crippen molar-refractivity contribution in [3.05, 3.63) is 58.9 Å². The highest BCUT2D eigenvalue weighted by Crippen LogP contribution is 2.35. The van der Waals surface area contributed by atoms with Crippen LogP contribution in [0.2, 0.25) is 0 Å². The van der Waals surface area contributed by atoms with Crippen molar-refractivity contribution in [2.24, 2.45) is 11.8 Å². The summed E-state index contributed by atoms with van der Waals surface area (Å²) < 4.78 is 8.61. The highest BCUT2D eigenvalue weighted by molar-refractivity contribution is 5.92. The number of piperidine rings is 1. The molecule has 1 amide bonds. The number of imidazole rings is 1. The number of nitrogens with zero attached hydrogens (tertiary/aromatic N) is 3. The number of carbonyl (C=O) groups excluding carboxylic acids is 1. The zero-order valence-corrected chi connectivity index (χ0v) is 23.3. The molecule has 3 aromatic rings. The molecule has 0 radical (unpaired) electrons. The second-order valence-corrected chi connectivity index (χ2v) is 11.8. The molecule has 37 heavy (non-hydrogen) atoms. The number of carbonyl (C=O) groups is 1. The minimum Gasteiger partial charge on any atom is -0.378 e. The highest BCUT2D eigenvalue weighted by atomic mass is 16.5. The zero-order chi connectivity index (χ0) is 26.3. The van der Waals surface area contributed by atoms with Crippen LogP contribution in [-0.4, -0.2) is 53.2 Å². The number of hydrogen-bond donors (Lipinski definition) is 1. The predicted molar refractivity (Wildman–Crippen MR) is 150 cm³/mol. The van der Waals surface area contributed by atoms with Crippen molar-refractivity contribution in [1.82, 2.24) is 14.5 Å². The summed E-state index contributed by atoms with van der Waals surface area (Å²) in [6, 6.07) is 13.4. The van der Waals surface area contributed by atoms with E-state index >= 15 is 0 Å². The number of methoxy groups -OCH3 is 1. The van der Waals surface area contributed by atoms with Gasteiger partial charge in [-0.2, -0.15) is 0 Å². The minimum atomic E-state index is -0.0151. The van der Waals surface area contributed by atoms with E-state index in [2.05, 4.69) is 72.0 Å². The fraction of sp³-hybridized carbons (Fsp3) is 0.548. The molecule has 2 aromatic carbocycles. The second-order valence-electron chi connectivity index (χ2n) is 11.8. The summed E-state index contributed by atoms with van der Waals surface area (Å²) in [7, 11) is 1.86. The maximum atomic E-state index is 12.1. The van der Waals surface area contributed by atoms with Crippen LogP contribution in [0.5, 0.6) is 0 Å². The molecule has 1 aliphatic heterocycles. The lowest BCUT2D eigenvalue weighted by Crippen LogP contribution is -2.47. The molecule has 1 fully saturated rings. The molecule has 5 rings (SSSR count). The second kappa shape index (κ2) is 10.6. The number of aryl methyl sites for hydroxylation is 1. The third kappa shape index (κ3) is 5.32. The zero-order valence-electron chi connectivity index (χ0n) is 23.3. The SMILES string of the molecule is CO[C@@H]1CN(CC2Cc3ccc(NC(=O)C(C)C)cc3C2)CCC1n1c(C(C)C)nc2cc(C)ccc21. The molecule has 3 atom stereocenters. The number of hydrogen-bond acceptors (Lipinski definition) is 4. The lowest BCUT2D eigenvalue weighted by Gasteiger charge is -2.40. The fourth-order valence-corrected chi connectivity index (χ4v) is 6.21. The van der Waals surface area contributed by atoms with Gasteiger partial charge in [-0.3, -0.25) is 4.79 Å². The van der Waals surface area contributed by atoms with Gasteiger partial charge in [0.1, 0.15) is 5.82 Å². The molecule has 6 heteroatoms. The maximum absolute atomic E-state index is 12.1. The third-order valence-corrected chi connectivity index (χ3v) is 8.16. The van der Waals surface area contributed by atoms with Crippen LogP contribution >= 0.6 is 0 Å². The smallest absolute Gasteiger partial charge is 0.226 e. The molecule has 1 aliphatic carbocycles. The van der Waals surface area contributed by atoms with Crippen LogP contribution in [0.1, 0.15) is 68.6 Å². The molecule has 0 saturated carbocycles. The van der Waals surface area contributed by atoms with Gasteiger partial charge < -0.3 is 19.5 Å². The van der Waals surface area contributed by atoms with Gasteiger partial charge in [0.25, 0.3) is 0 Å². The summed E-state index contributed by atoms with van der Waals surface area (Å²) in [5, 5.41) is 3.05. The first-order chi connectivity index (χ1) is 17.7. The number of rotatable bonds is 7. The van der Waals surface area contributed by atoms with E-state index in [0.29, 0.717) is 17.9 Å². The topological polar surface area (TPSA) is 59.4 Å². The molecule has 198 valence electrons. The van der Waals surface area contributed by atoms with Gasteiger partial charge in [-0.25, -0.2) is 4.98 Å². The number of benzene rings is 2. The summed E-state index contributed by atoms with van der Waals surface area (Å²) >= 11 is 0. The number of ether oxygens (including phenoxy) is 1. The molecular formula is C31H42N4O2. The fourth-order valence-electron chi connectivity index (χ4n) is 6.21. The Kier molecular flexibility index (Phi) is 7.42. The van der Waals surface area contributed by atoms with Crippen LogP contribution in [-0.2, 0) is 22.4 Å². The number of fused-ring (bicyclic) bond motifs is 2. The van der Waals surface area contributed by atoms with E-state index < -0.39 is 0 Å². The van der Waals surface area contributed by atoms with E-state index in [1.165, 1.54) is 22.2 Å². The predicted octanol–water partition coefficient (Wildman–Crippen LogP) is 5.74. The largest absolute Gasteiger partial charge is 0.378 e. The van der Waals surface area contributed by atoms with E-state index in [4.69, 9.17) is 9.72 Å². The van der Waals surface area contributed by atoms with E-state index in [9.17, 15) is 4.79 Å². The van der Waals surface area contributed by atoms with Gasteiger partial charge in [0.2, 0.25) is 5.91 Å².